The first-order valence-electron chi connectivity index (χ1n) is 10.9. The Morgan fingerprint density at radius 2 is 2.00 bits per heavy atom. The predicted molar refractivity (Wildman–Crippen MR) is 133 cm³/mol. The Kier molecular flexibility index (Phi) is 9.60. The molecule has 0 saturated carbocycles. The molecule has 7 nitrogen and oxygen atoms in total. The Morgan fingerprint density at radius 3 is 2.76 bits per heavy atom. The highest BCUT2D eigenvalue weighted by molar-refractivity contribution is 8.03. The molecule has 2 heterocycles. The number of hydrogen-bond acceptors (Lipinski definition) is 7. The number of aryl methyl sites for hydroxylation is 1. The fraction of sp³-hybridized carbons (Fsp3) is 0.292. The van der Waals surface area contributed by atoms with Crippen LogP contribution in [0.5, 0.6) is 5.75 Å². The molecule has 0 fully saturated rings. The van der Waals surface area contributed by atoms with Crippen LogP contribution in [0.3, 0.4) is 0 Å². The zero-order valence-electron chi connectivity index (χ0n) is 19.0. The molecule has 0 N–H and O–H groups in total. The van der Waals surface area contributed by atoms with Gasteiger partial charge < -0.3 is 38.5 Å². The van der Waals surface area contributed by atoms with Crippen LogP contribution in [0.2, 0.25) is 0 Å². The van der Waals surface area contributed by atoms with Gasteiger partial charge in [0.05, 0.1) is 23.9 Å². The fourth-order valence-electron chi connectivity index (χ4n) is 3.72. The molecule has 0 radical (unpaired) electrons. The monoisotopic (exact) mass is 611 g/mol. The lowest BCUT2D eigenvalue weighted by molar-refractivity contribution is -0.757. The van der Waals surface area contributed by atoms with Gasteiger partial charge in [0, 0.05) is 36.1 Å². The molecule has 180 valence electrons. The number of nitrogens with zero attached hydrogens (tertiary/aromatic N) is 3. The van der Waals surface area contributed by atoms with E-state index in [9.17, 15) is 10.1 Å². The SMILES string of the molecule is CCN1/C(=C/C=C/c2sc3ccccc3[n+]2CC)Sc2ccc(OCCCO[N+](=O)[O-])cc21.[I-]. The topological polar surface area (TPSA) is 68.7 Å². The van der Waals surface area contributed by atoms with Crippen molar-refractivity contribution >= 4 is 45.1 Å². The summed E-state index contributed by atoms with van der Waals surface area (Å²) in [7, 11) is 0. The summed E-state index contributed by atoms with van der Waals surface area (Å²) in [5.41, 5.74) is 2.39. The maximum Gasteiger partial charge on any atom is 0.294 e. The van der Waals surface area contributed by atoms with Gasteiger partial charge in [0.25, 0.3) is 10.1 Å². The summed E-state index contributed by atoms with van der Waals surface area (Å²) >= 11 is 3.55. The van der Waals surface area contributed by atoms with Gasteiger partial charge in [-0.1, -0.05) is 41.3 Å². The third-order valence-corrected chi connectivity index (χ3v) is 7.46. The van der Waals surface area contributed by atoms with Crippen molar-refractivity contribution in [3.63, 3.8) is 0 Å². The quantitative estimate of drug-likeness (QED) is 0.116. The molecule has 0 bridgehead atoms. The van der Waals surface area contributed by atoms with Gasteiger partial charge in [0.15, 0.2) is 0 Å². The summed E-state index contributed by atoms with van der Waals surface area (Å²) in [4.78, 5) is 18.0. The lowest BCUT2D eigenvalue weighted by Crippen LogP contribution is -3.00. The van der Waals surface area contributed by atoms with Gasteiger partial charge in [0.2, 0.25) is 5.52 Å². The molecule has 0 spiro atoms. The standard InChI is InChI=1S/C24H26N3O4S2.HI/c1-3-25-19-9-5-6-10-21(19)32-23(25)11-7-12-24-26(4-2)20-17-18(13-14-22(20)33-24)30-15-8-16-31-27(28)29;/h5-7,9-14,17H,3-4,8,15-16H2,1-2H3;1H/q+1;/p-1. The molecule has 0 amide bonds. The van der Waals surface area contributed by atoms with Gasteiger partial charge in [-0.05, 0) is 38.1 Å². The Bertz CT molecular complexity index is 1210. The zero-order chi connectivity index (χ0) is 23.2. The molecule has 4 rings (SSSR count). The number of halogens is 1. The third-order valence-electron chi connectivity index (χ3n) is 5.20. The summed E-state index contributed by atoms with van der Waals surface area (Å²) in [6.45, 7) is 6.48. The normalized spacial score (nSPS) is 13.9. The van der Waals surface area contributed by atoms with Crippen LogP contribution in [-0.2, 0) is 11.4 Å². The smallest absolute Gasteiger partial charge is 0.294 e. The number of para-hydroxylation sites is 1. The van der Waals surface area contributed by atoms with Crippen molar-refractivity contribution in [2.75, 3.05) is 24.7 Å². The number of fused-ring (bicyclic) bond motifs is 2. The second-order valence-corrected chi connectivity index (χ2v) is 9.38. The van der Waals surface area contributed by atoms with Crippen molar-refractivity contribution in [2.45, 2.75) is 31.7 Å². The van der Waals surface area contributed by atoms with E-state index in [1.165, 1.54) is 25.1 Å². The summed E-state index contributed by atoms with van der Waals surface area (Å²) in [6.07, 6.45) is 6.92. The summed E-state index contributed by atoms with van der Waals surface area (Å²) < 4.78 is 9.39. The molecular formula is C24H26IN3O4S2. The van der Waals surface area contributed by atoms with Crippen LogP contribution in [0.15, 0.2) is 64.5 Å². The summed E-state index contributed by atoms with van der Waals surface area (Å²) in [5.74, 6) is 0.750. The number of thioether (sulfide) groups is 1. The predicted octanol–water partition coefficient (Wildman–Crippen LogP) is 2.68. The van der Waals surface area contributed by atoms with Crippen molar-refractivity contribution in [3.05, 3.63) is 74.8 Å². The van der Waals surface area contributed by atoms with E-state index >= 15 is 0 Å². The van der Waals surface area contributed by atoms with Crippen LogP contribution in [0.4, 0.5) is 5.69 Å². The average molecular weight is 612 g/mol. The van der Waals surface area contributed by atoms with E-state index in [1.807, 2.05) is 12.1 Å². The Labute approximate surface area is 224 Å². The van der Waals surface area contributed by atoms with Crippen LogP contribution in [0, 0.1) is 10.1 Å². The number of anilines is 1. The number of aromatic nitrogens is 1. The average Bonchev–Trinajstić information content (AvgIpc) is 3.35. The Balaban J connectivity index is 0.00000324. The molecule has 3 aromatic rings. The van der Waals surface area contributed by atoms with Crippen molar-refractivity contribution in [1.82, 2.24) is 0 Å². The number of benzene rings is 2. The van der Waals surface area contributed by atoms with Crippen molar-refractivity contribution in [3.8, 4) is 5.75 Å². The fourth-order valence-corrected chi connectivity index (χ4v) is 5.98. The van der Waals surface area contributed by atoms with Crippen LogP contribution in [-0.4, -0.2) is 24.8 Å². The maximum atomic E-state index is 10.2. The van der Waals surface area contributed by atoms with Gasteiger partial charge in [0.1, 0.15) is 17.0 Å². The number of hydrogen-bond donors (Lipinski definition) is 0. The highest BCUT2D eigenvalue weighted by atomic mass is 127. The first kappa shape index (κ1) is 26.3. The second-order valence-electron chi connectivity index (χ2n) is 7.25. The van der Waals surface area contributed by atoms with Gasteiger partial charge >= 0.3 is 0 Å². The van der Waals surface area contributed by atoms with Gasteiger partial charge in [-0.2, -0.15) is 4.57 Å². The highest BCUT2D eigenvalue weighted by Crippen LogP contribution is 2.47. The van der Waals surface area contributed by atoms with Crippen LogP contribution >= 0.6 is 23.1 Å². The first-order valence-corrected chi connectivity index (χ1v) is 12.5. The molecule has 0 atom stereocenters. The van der Waals surface area contributed by atoms with Crippen molar-refractivity contribution in [2.24, 2.45) is 0 Å². The molecule has 0 saturated heterocycles. The van der Waals surface area contributed by atoms with Gasteiger partial charge in [-0.25, -0.2) is 0 Å². The van der Waals surface area contributed by atoms with Crippen LogP contribution in [0.25, 0.3) is 16.3 Å². The molecule has 0 aliphatic carbocycles. The molecule has 1 aliphatic heterocycles. The first-order chi connectivity index (χ1) is 16.1. The molecular weight excluding hydrogens is 585 g/mol. The molecule has 34 heavy (non-hydrogen) atoms. The summed E-state index contributed by atoms with van der Waals surface area (Å²) in [6, 6.07) is 14.5. The minimum atomic E-state index is -0.781. The Hall–Kier alpha value is -2.31. The lowest BCUT2D eigenvalue weighted by atomic mass is 10.2. The molecule has 1 aromatic heterocycles. The molecule has 1 aliphatic rings. The zero-order valence-corrected chi connectivity index (χ0v) is 22.8. The highest BCUT2D eigenvalue weighted by Gasteiger charge is 2.24. The molecule has 0 unspecified atom stereocenters. The third kappa shape index (κ3) is 6.02. The van der Waals surface area contributed by atoms with Gasteiger partial charge in [-0.3, -0.25) is 0 Å². The summed E-state index contributed by atoms with van der Waals surface area (Å²) in [5, 5.41) is 11.8. The second kappa shape index (κ2) is 12.4. The molecule has 10 heteroatoms. The van der Waals surface area contributed by atoms with Crippen molar-refractivity contribution < 1.29 is 43.2 Å². The number of rotatable bonds is 10. The van der Waals surface area contributed by atoms with E-state index in [2.05, 4.69) is 76.7 Å². The minimum absolute atomic E-state index is 0. The minimum Gasteiger partial charge on any atom is -1.00 e. The largest absolute Gasteiger partial charge is 1.00 e. The number of thiazole rings is 1. The van der Waals surface area contributed by atoms with E-state index in [0.29, 0.717) is 13.0 Å². The maximum absolute atomic E-state index is 10.2. The molecule has 2 aromatic carbocycles. The van der Waals surface area contributed by atoms with E-state index in [0.717, 1.165) is 24.5 Å². The van der Waals surface area contributed by atoms with Crippen LogP contribution < -0.4 is 38.2 Å². The van der Waals surface area contributed by atoms with E-state index in [4.69, 9.17) is 4.74 Å². The van der Waals surface area contributed by atoms with E-state index in [-0.39, 0.29) is 30.6 Å². The number of ether oxygens (including phenoxy) is 1. The number of allylic oxidation sites excluding steroid dienone is 2. The van der Waals surface area contributed by atoms with E-state index < -0.39 is 5.09 Å². The van der Waals surface area contributed by atoms with Crippen LogP contribution in [0.1, 0.15) is 25.3 Å². The lowest BCUT2D eigenvalue weighted by Gasteiger charge is -2.18. The van der Waals surface area contributed by atoms with E-state index in [1.54, 1.807) is 23.1 Å². The van der Waals surface area contributed by atoms with Crippen molar-refractivity contribution in [1.29, 1.82) is 0 Å². The Morgan fingerprint density at radius 1 is 1.18 bits per heavy atom. The van der Waals surface area contributed by atoms with Gasteiger partial charge in [-0.15, -0.1) is 10.1 Å².